The summed E-state index contributed by atoms with van der Waals surface area (Å²) in [6.07, 6.45) is 3.69. The van der Waals surface area contributed by atoms with E-state index in [1.807, 2.05) is 0 Å². The minimum Gasteiger partial charge on any atom is -0.309 e. The smallest absolute Gasteiger partial charge is 0.0208 e. The van der Waals surface area contributed by atoms with Gasteiger partial charge in [0, 0.05) is 18.5 Å². The van der Waals surface area contributed by atoms with Gasteiger partial charge >= 0.3 is 0 Å². The van der Waals surface area contributed by atoms with Gasteiger partial charge in [-0.2, -0.15) is 0 Å². The molecule has 1 aliphatic carbocycles. The minimum atomic E-state index is 0.400. The molecule has 1 heteroatoms. The van der Waals surface area contributed by atoms with Crippen molar-refractivity contribution in [1.29, 1.82) is 0 Å². The quantitative estimate of drug-likeness (QED) is 0.728. The zero-order chi connectivity index (χ0) is 17.2. The fraction of sp³-hybridized carbons (Fsp3) is 0.478. The predicted molar refractivity (Wildman–Crippen MR) is 103 cm³/mol. The molecule has 24 heavy (non-hydrogen) atoms. The molecule has 0 aliphatic heterocycles. The third-order valence-electron chi connectivity index (χ3n) is 5.14. The van der Waals surface area contributed by atoms with Crippen molar-refractivity contribution in [1.82, 2.24) is 5.32 Å². The highest BCUT2D eigenvalue weighted by Crippen LogP contribution is 2.40. The summed E-state index contributed by atoms with van der Waals surface area (Å²) in [5, 5.41) is 3.74. The largest absolute Gasteiger partial charge is 0.309 e. The Morgan fingerprint density at radius 3 is 2.50 bits per heavy atom. The highest BCUT2D eigenvalue weighted by Gasteiger charge is 2.37. The summed E-state index contributed by atoms with van der Waals surface area (Å²) in [7, 11) is 0. The van der Waals surface area contributed by atoms with E-state index in [-0.39, 0.29) is 0 Å². The predicted octanol–water partition coefficient (Wildman–Crippen LogP) is 5.62. The van der Waals surface area contributed by atoms with Crippen LogP contribution in [0.15, 0.2) is 48.5 Å². The van der Waals surface area contributed by atoms with Crippen molar-refractivity contribution in [3.63, 3.8) is 0 Å². The molecular weight excluding hydrogens is 290 g/mol. The third kappa shape index (κ3) is 4.70. The summed E-state index contributed by atoms with van der Waals surface area (Å²) in [4.78, 5) is 0. The minimum absolute atomic E-state index is 0.400. The van der Waals surface area contributed by atoms with Gasteiger partial charge in [0.15, 0.2) is 0 Å². The fourth-order valence-corrected chi connectivity index (χ4v) is 3.35. The molecular formula is C23H31N. The first kappa shape index (κ1) is 17.2. The van der Waals surface area contributed by atoms with Gasteiger partial charge in [0.1, 0.15) is 0 Å². The van der Waals surface area contributed by atoms with E-state index >= 15 is 0 Å². The average Bonchev–Trinajstić information content (AvgIpc) is 3.32. The lowest BCUT2D eigenvalue weighted by Crippen LogP contribution is -2.17. The SMILES string of the molecule is Cc1ccc(CNC2CC2c2ccccc2)cc1CCC(C)(C)C. The van der Waals surface area contributed by atoms with Gasteiger partial charge in [0.2, 0.25) is 0 Å². The molecule has 1 nitrogen and oxygen atoms in total. The van der Waals surface area contributed by atoms with Crippen LogP contribution in [0.25, 0.3) is 0 Å². The Kier molecular flexibility index (Phi) is 5.10. The van der Waals surface area contributed by atoms with Gasteiger partial charge in [0.05, 0.1) is 0 Å². The fourth-order valence-electron chi connectivity index (χ4n) is 3.35. The molecule has 0 amide bonds. The molecule has 0 saturated heterocycles. The number of rotatable bonds is 6. The van der Waals surface area contributed by atoms with Crippen LogP contribution in [0.1, 0.15) is 61.8 Å². The van der Waals surface area contributed by atoms with Crippen LogP contribution < -0.4 is 5.32 Å². The molecule has 0 heterocycles. The van der Waals surface area contributed by atoms with Gasteiger partial charge in [-0.25, -0.2) is 0 Å². The topological polar surface area (TPSA) is 12.0 Å². The standard InChI is InChI=1S/C23H31N/c1-17-10-11-18(14-20(17)12-13-23(2,3)4)16-24-22-15-21(22)19-8-6-5-7-9-19/h5-11,14,21-22,24H,12-13,15-16H2,1-4H3. The van der Waals surface area contributed by atoms with Crippen LogP contribution in [0.4, 0.5) is 0 Å². The van der Waals surface area contributed by atoms with E-state index in [9.17, 15) is 0 Å². The van der Waals surface area contributed by atoms with Crippen molar-refractivity contribution in [3.05, 3.63) is 70.8 Å². The molecule has 128 valence electrons. The second-order valence-corrected chi connectivity index (χ2v) is 8.56. The Hall–Kier alpha value is -1.60. The Bertz CT molecular complexity index is 666. The maximum Gasteiger partial charge on any atom is 0.0208 e. The lowest BCUT2D eigenvalue weighted by atomic mass is 9.87. The molecule has 2 atom stereocenters. The summed E-state index contributed by atoms with van der Waals surface area (Å²) >= 11 is 0. The monoisotopic (exact) mass is 321 g/mol. The van der Waals surface area contributed by atoms with E-state index < -0.39 is 0 Å². The van der Waals surface area contributed by atoms with E-state index in [4.69, 9.17) is 0 Å². The van der Waals surface area contributed by atoms with E-state index in [1.54, 1.807) is 0 Å². The Labute approximate surface area is 147 Å². The molecule has 0 spiro atoms. The summed E-state index contributed by atoms with van der Waals surface area (Å²) < 4.78 is 0. The van der Waals surface area contributed by atoms with Crippen LogP contribution in [0.2, 0.25) is 0 Å². The first-order valence-electron chi connectivity index (χ1n) is 9.29. The van der Waals surface area contributed by atoms with E-state index in [2.05, 4.69) is 81.5 Å². The highest BCUT2D eigenvalue weighted by atomic mass is 15.0. The van der Waals surface area contributed by atoms with Gasteiger partial charge < -0.3 is 5.32 Å². The van der Waals surface area contributed by atoms with Crippen molar-refractivity contribution >= 4 is 0 Å². The molecule has 1 fully saturated rings. The van der Waals surface area contributed by atoms with Gasteiger partial charge in [-0.15, -0.1) is 0 Å². The van der Waals surface area contributed by atoms with Gasteiger partial charge in [0.25, 0.3) is 0 Å². The Morgan fingerprint density at radius 2 is 1.79 bits per heavy atom. The number of hydrogen-bond donors (Lipinski definition) is 1. The molecule has 1 N–H and O–H groups in total. The lowest BCUT2D eigenvalue weighted by Gasteiger charge is -2.19. The molecule has 0 bridgehead atoms. The third-order valence-corrected chi connectivity index (χ3v) is 5.14. The molecule has 0 aromatic heterocycles. The van der Waals surface area contributed by atoms with Crippen molar-refractivity contribution in [2.45, 2.75) is 65.5 Å². The average molecular weight is 322 g/mol. The van der Waals surface area contributed by atoms with Crippen molar-refractivity contribution in [2.24, 2.45) is 5.41 Å². The molecule has 0 radical (unpaired) electrons. The summed E-state index contributed by atoms with van der Waals surface area (Å²) in [5.41, 5.74) is 6.24. The zero-order valence-electron chi connectivity index (χ0n) is 15.6. The van der Waals surface area contributed by atoms with Crippen molar-refractivity contribution < 1.29 is 0 Å². The number of aryl methyl sites for hydroxylation is 2. The summed E-state index contributed by atoms with van der Waals surface area (Å²) in [6.45, 7) is 10.2. The highest BCUT2D eigenvalue weighted by molar-refractivity contribution is 5.32. The van der Waals surface area contributed by atoms with E-state index in [0.717, 1.165) is 6.54 Å². The molecule has 2 aromatic rings. The lowest BCUT2D eigenvalue weighted by molar-refractivity contribution is 0.378. The molecule has 1 saturated carbocycles. The normalized spacial score (nSPS) is 20.2. The first-order valence-corrected chi connectivity index (χ1v) is 9.29. The Morgan fingerprint density at radius 1 is 1.04 bits per heavy atom. The number of benzene rings is 2. The molecule has 1 aliphatic rings. The van der Waals surface area contributed by atoms with Crippen LogP contribution in [0.3, 0.4) is 0 Å². The van der Waals surface area contributed by atoms with Crippen LogP contribution in [0, 0.1) is 12.3 Å². The van der Waals surface area contributed by atoms with Gasteiger partial charge in [-0.05, 0) is 53.9 Å². The van der Waals surface area contributed by atoms with Crippen LogP contribution in [0.5, 0.6) is 0 Å². The van der Waals surface area contributed by atoms with E-state index in [1.165, 1.54) is 41.5 Å². The van der Waals surface area contributed by atoms with Gasteiger partial charge in [-0.1, -0.05) is 69.3 Å². The van der Waals surface area contributed by atoms with Gasteiger partial charge in [-0.3, -0.25) is 0 Å². The second kappa shape index (κ2) is 7.11. The maximum absolute atomic E-state index is 3.74. The van der Waals surface area contributed by atoms with Crippen molar-refractivity contribution in [2.75, 3.05) is 0 Å². The number of nitrogens with one attached hydrogen (secondary N) is 1. The maximum atomic E-state index is 3.74. The van der Waals surface area contributed by atoms with Crippen molar-refractivity contribution in [3.8, 4) is 0 Å². The summed E-state index contributed by atoms with van der Waals surface area (Å²) in [5.74, 6) is 0.706. The second-order valence-electron chi connectivity index (χ2n) is 8.56. The molecule has 2 aromatic carbocycles. The zero-order valence-corrected chi connectivity index (χ0v) is 15.6. The Balaban J connectivity index is 1.55. The van der Waals surface area contributed by atoms with E-state index in [0.29, 0.717) is 17.4 Å². The first-order chi connectivity index (χ1) is 11.4. The van der Waals surface area contributed by atoms with Crippen LogP contribution in [-0.2, 0) is 13.0 Å². The number of hydrogen-bond acceptors (Lipinski definition) is 1. The molecule has 3 rings (SSSR count). The van der Waals surface area contributed by atoms with Crippen LogP contribution in [-0.4, -0.2) is 6.04 Å². The summed E-state index contributed by atoms with van der Waals surface area (Å²) in [6, 6.07) is 18.5. The van der Waals surface area contributed by atoms with Crippen LogP contribution >= 0.6 is 0 Å². The molecule has 2 unspecified atom stereocenters.